The summed E-state index contributed by atoms with van der Waals surface area (Å²) in [7, 11) is 0. The minimum Gasteiger partial charge on any atom is -0.382 e. The molecule has 118 valence electrons. The van der Waals surface area contributed by atoms with Crippen molar-refractivity contribution in [2.75, 3.05) is 24.1 Å². The molecule has 1 aromatic heterocycles. The molecule has 0 aliphatic heterocycles. The van der Waals surface area contributed by atoms with Gasteiger partial charge in [-0.15, -0.1) is 0 Å². The van der Waals surface area contributed by atoms with Gasteiger partial charge in [-0.2, -0.15) is 0 Å². The number of nitrogens with zero attached hydrogens (tertiary/aromatic N) is 1. The van der Waals surface area contributed by atoms with Crippen LogP contribution in [0, 0.1) is 0 Å². The number of hydrogen-bond acceptors (Lipinski definition) is 6. The van der Waals surface area contributed by atoms with Crippen molar-refractivity contribution in [1.82, 2.24) is 15.6 Å². The van der Waals surface area contributed by atoms with Crippen molar-refractivity contribution in [2.24, 2.45) is 0 Å². The van der Waals surface area contributed by atoms with E-state index in [-0.39, 0.29) is 17.6 Å². The van der Waals surface area contributed by atoms with E-state index in [4.69, 9.17) is 5.73 Å². The molecule has 1 atom stereocenters. The molecule has 0 radical (unpaired) electrons. The number of carbonyl (C=O) groups excluding carboxylic acids is 2. The van der Waals surface area contributed by atoms with Gasteiger partial charge in [0.1, 0.15) is 16.7 Å². The number of anilines is 2. The molecule has 2 amide bonds. The number of nitrogens with two attached hydrogens (primary N) is 1. The Kier molecular flexibility index (Phi) is 6.93. The standard InChI is InChI=1S/C13H23N5O2S/c1-4-6-15-11(19)8(3)17-12(20)9-10(14)18-13(21-9)16-7-5-2/h8H,4-7,14H2,1-3H3,(H,15,19)(H,16,18)(H,17,20). The van der Waals surface area contributed by atoms with Crippen LogP contribution in [0.2, 0.25) is 0 Å². The number of hydrogen-bond donors (Lipinski definition) is 4. The van der Waals surface area contributed by atoms with Crippen LogP contribution in [0.1, 0.15) is 43.3 Å². The highest BCUT2D eigenvalue weighted by atomic mass is 32.1. The van der Waals surface area contributed by atoms with Crippen LogP contribution in [0.4, 0.5) is 10.9 Å². The van der Waals surface area contributed by atoms with E-state index < -0.39 is 6.04 Å². The summed E-state index contributed by atoms with van der Waals surface area (Å²) >= 11 is 1.19. The molecule has 0 spiro atoms. The van der Waals surface area contributed by atoms with Gasteiger partial charge in [0, 0.05) is 13.1 Å². The molecule has 1 unspecified atom stereocenters. The summed E-state index contributed by atoms with van der Waals surface area (Å²) in [6.07, 6.45) is 1.80. The predicted molar refractivity (Wildman–Crippen MR) is 85.5 cm³/mol. The lowest BCUT2D eigenvalue weighted by atomic mass is 10.3. The van der Waals surface area contributed by atoms with Crippen LogP contribution in [-0.2, 0) is 4.79 Å². The minimum absolute atomic E-state index is 0.178. The van der Waals surface area contributed by atoms with Crippen LogP contribution in [0.15, 0.2) is 0 Å². The van der Waals surface area contributed by atoms with Crippen molar-refractivity contribution in [3.8, 4) is 0 Å². The van der Waals surface area contributed by atoms with E-state index in [1.807, 2.05) is 13.8 Å². The Morgan fingerprint density at radius 2 is 1.95 bits per heavy atom. The number of rotatable bonds is 8. The molecular weight excluding hydrogens is 290 g/mol. The van der Waals surface area contributed by atoms with Gasteiger partial charge in [0.05, 0.1) is 0 Å². The monoisotopic (exact) mass is 313 g/mol. The third-order valence-electron chi connectivity index (χ3n) is 2.68. The smallest absolute Gasteiger partial charge is 0.265 e. The summed E-state index contributed by atoms with van der Waals surface area (Å²) in [5.41, 5.74) is 5.74. The van der Waals surface area contributed by atoms with Crippen LogP contribution in [-0.4, -0.2) is 35.9 Å². The molecule has 0 fully saturated rings. The Bertz CT molecular complexity index is 489. The average Bonchev–Trinajstić information content (AvgIpc) is 2.83. The lowest BCUT2D eigenvalue weighted by Crippen LogP contribution is -2.44. The van der Waals surface area contributed by atoms with Gasteiger partial charge in [0.2, 0.25) is 5.91 Å². The van der Waals surface area contributed by atoms with Crippen LogP contribution in [0.25, 0.3) is 0 Å². The van der Waals surface area contributed by atoms with Gasteiger partial charge >= 0.3 is 0 Å². The van der Waals surface area contributed by atoms with Crippen LogP contribution in [0.5, 0.6) is 0 Å². The van der Waals surface area contributed by atoms with Gasteiger partial charge in [0.15, 0.2) is 5.13 Å². The van der Waals surface area contributed by atoms with Gasteiger partial charge in [0.25, 0.3) is 5.91 Å². The number of nitrogen functional groups attached to an aromatic ring is 1. The van der Waals surface area contributed by atoms with Crippen molar-refractivity contribution in [3.05, 3.63) is 4.88 Å². The van der Waals surface area contributed by atoms with Crippen LogP contribution in [0.3, 0.4) is 0 Å². The molecule has 5 N–H and O–H groups in total. The zero-order chi connectivity index (χ0) is 15.8. The molecule has 8 heteroatoms. The fourth-order valence-corrected chi connectivity index (χ4v) is 2.34. The molecule has 0 aromatic carbocycles. The Balaban J connectivity index is 2.62. The first-order chi connectivity index (χ1) is 9.99. The molecule has 7 nitrogen and oxygen atoms in total. The highest BCUT2D eigenvalue weighted by Crippen LogP contribution is 2.24. The van der Waals surface area contributed by atoms with Crippen molar-refractivity contribution in [2.45, 2.75) is 39.7 Å². The Hall–Kier alpha value is -1.83. The number of aromatic nitrogens is 1. The molecule has 21 heavy (non-hydrogen) atoms. The molecule has 0 saturated carbocycles. The molecule has 0 aliphatic carbocycles. The maximum Gasteiger partial charge on any atom is 0.265 e. The van der Waals surface area contributed by atoms with Crippen LogP contribution >= 0.6 is 11.3 Å². The van der Waals surface area contributed by atoms with E-state index in [0.29, 0.717) is 16.6 Å². The second-order valence-electron chi connectivity index (χ2n) is 4.65. The van der Waals surface area contributed by atoms with E-state index in [9.17, 15) is 9.59 Å². The van der Waals surface area contributed by atoms with Crippen LogP contribution < -0.4 is 21.7 Å². The number of carbonyl (C=O) groups is 2. The largest absolute Gasteiger partial charge is 0.382 e. The molecule has 0 saturated heterocycles. The highest BCUT2D eigenvalue weighted by Gasteiger charge is 2.20. The summed E-state index contributed by atoms with van der Waals surface area (Å²) in [6.45, 7) is 6.99. The van der Waals surface area contributed by atoms with Gasteiger partial charge in [-0.25, -0.2) is 4.98 Å². The summed E-state index contributed by atoms with van der Waals surface area (Å²) in [4.78, 5) is 28.2. The maximum atomic E-state index is 12.1. The topological polar surface area (TPSA) is 109 Å². The first kappa shape index (κ1) is 17.2. The van der Waals surface area contributed by atoms with E-state index in [2.05, 4.69) is 20.9 Å². The average molecular weight is 313 g/mol. The minimum atomic E-state index is -0.613. The predicted octanol–water partition coefficient (Wildman–Crippen LogP) is 1.19. The molecular formula is C13H23N5O2S. The van der Waals surface area contributed by atoms with E-state index in [1.54, 1.807) is 6.92 Å². The van der Waals surface area contributed by atoms with Crippen molar-refractivity contribution >= 4 is 34.1 Å². The summed E-state index contributed by atoms with van der Waals surface area (Å²) < 4.78 is 0. The normalized spacial score (nSPS) is 11.8. The Morgan fingerprint density at radius 3 is 2.57 bits per heavy atom. The SMILES string of the molecule is CCCNC(=O)C(C)NC(=O)c1sc(NCCC)nc1N. The molecule has 1 aromatic rings. The van der Waals surface area contributed by atoms with Crippen molar-refractivity contribution < 1.29 is 9.59 Å². The third kappa shape index (κ3) is 5.22. The first-order valence-corrected chi connectivity index (χ1v) is 7.89. The fraction of sp³-hybridized carbons (Fsp3) is 0.615. The summed E-state index contributed by atoms with van der Waals surface area (Å²) in [6, 6.07) is -0.613. The summed E-state index contributed by atoms with van der Waals surface area (Å²) in [5, 5.41) is 9.05. The molecule has 0 aliphatic rings. The van der Waals surface area contributed by atoms with E-state index >= 15 is 0 Å². The van der Waals surface area contributed by atoms with E-state index in [1.165, 1.54) is 11.3 Å². The molecule has 0 bridgehead atoms. The second kappa shape index (κ2) is 8.46. The third-order valence-corrected chi connectivity index (χ3v) is 3.70. The summed E-state index contributed by atoms with van der Waals surface area (Å²) in [5.74, 6) is -0.413. The van der Waals surface area contributed by atoms with Crippen molar-refractivity contribution in [1.29, 1.82) is 0 Å². The lowest BCUT2D eigenvalue weighted by molar-refractivity contribution is -0.122. The Morgan fingerprint density at radius 1 is 1.29 bits per heavy atom. The molecule has 1 rings (SSSR count). The van der Waals surface area contributed by atoms with Gasteiger partial charge in [-0.05, 0) is 19.8 Å². The number of thiazole rings is 1. The molecule has 1 heterocycles. The second-order valence-corrected chi connectivity index (χ2v) is 5.65. The van der Waals surface area contributed by atoms with Gasteiger partial charge < -0.3 is 21.7 Å². The zero-order valence-electron chi connectivity index (χ0n) is 12.7. The fourth-order valence-electron chi connectivity index (χ4n) is 1.53. The first-order valence-electron chi connectivity index (χ1n) is 7.08. The van der Waals surface area contributed by atoms with Crippen molar-refractivity contribution in [3.63, 3.8) is 0 Å². The maximum absolute atomic E-state index is 12.1. The van der Waals surface area contributed by atoms with Gasteiger partial charge in [-0.3, -0.25) is 9.59 Å². The quantitative estimate of drug-likeness (QED) is 0.576. The Labute approximate surface area is 128 Å². The number of amides is 2. The zero-order valence-corrected chi connectivity index (χ0v) is 13.5. The van der Waals surface area contributed by atoms with E-state index in [0.717, 1.165) is 19.4 Å². The lowest BCUT2D eigenvalue weighted by Gasteiger charge is -2.13. The van der Waals surface area contributed by atoms with Gasteiger partial charge in [-0.1, -0.05) is 25.2 Å². The highest BCUT2D eigenvalue weighted by molar-refractivity contribution is 7.18. The number of nitrogens with one attached hydrogen (secondary N) is 3.